The fraction of sp³-hybridized carbons (Fsp3) is 0.0377. The van der Waals surface area contributed by atoms with Gasteiger partial charge in [0.1, 0.15) is 11.2 Å². The van der Waals surface area contributed by atoms with Crippen LogP contribution in [0, 0.1) is 6.92 Å². The van der Waals surface area contributed by atoms with Crippen LogP contribution in [0.15, 0.2) is 199 Å². The van der Waals surface area contributed by atoms with Crippen LogP contribution in [-0.2, 0) is 6.42 Å². The van der Waals surface area contributed by atoms with E-state index in [0.29, 0.717) is 17.5 Å². The van der Waals surface area contributed by atoms with Gasteiger partial charge in [-0.2, -0.15) is 0 Å². The van der Waals surface area contributed by atoms with Crippen LogP contribution in [0.5, 0.6) is 0 Å². The number of hydrogen-bond donors (Lipinski definition) is 0. The highest BCUT2D eigenvalue weighted by Crippen LogP contribution is 2.37. The first-order valence-electron chi connectivity index (χ1n) is 19.3. The zero-order valence-corrected chi connectivity index (χ0v) is 31.4. The molecular weight excluding hydrogens is 695 g/mol. The van der Waals surface area contributed by atoms with E-state index in [0.717, 1.165) is 61.7 Å². The number of benzene rings is 8. The predicted molar refractivity (Wildman–Crippen MR) is 234 cm³/mol. The van der Waals surface area contributed by atoms with Gasteiger partial charge in [-0.1, -0.05) is 164 Å². The predicted octanol–water partition coefficient (Wildman–Crippen LogP) is 13.7. The quantitative estimate of drug-likeness (QED) is 0.156. The van der Waals surface area contributed by atoms with Crippen LogP contribution in [0.2, 0.25) is 0 Å². The Labute approximate surface area is 331 Å². The Morgan fingerprint density at radius 2 is 0.877 bits per heavy atom. The molecule has 0 aliphatic carbocycles. The smallest absolute Gasteiger partial charge is 0.164 e. The van der Waals surface area contributed by atoms with Gasteiger partial charge in [0.05, 0.1) is 0 Å². The number of furan rings is 1. The summed E-state index contributed by atoms with van der Waals surface area (Å²) in [6.07, 6.45) is 0.753. The van der Waals surface area contributed by atoms with E-state index in [-0.39, 0.29) is 0 Å². The Morgan fingerprint density at radius 1 is 0.368 bits per heavy atom. The van der Waals surface area contributed by atoms with Gasteiger partial charge in [-0.15, -0.1) is 0 Å². The van der Waals surface area contributed by atoms with Crippen molar-refractivity contribution in [1.82, 2.24) is 15.0 Å². The van der Waals surface area contributed by atoms with Crippen molar-refractivity contribution in [2.75, 3.05) is 0 Å². The first-order valence-corrected chi connectivity index (χ1v) is 19.3. The minimum Gasteiger partial charge on any atom is -0.456 e. The highest BCUT2D eigenvalue weighted by atomic mass is 16.3. The SMILES string of the molecule is Cc1ccc(-c2ccc3c(c2)oc2ccccc23)cc1-c1ccc(-c2nc(-c3ccccc3)nc(-c3ccc(-c4ccccc4)cc3)n2)cc1Cc1ccccc1. The van der Waals surface area contributed by atoms with Crippen LogP contribution in [-0.4, -0.2) is 15.0 Å². The number of aryl methyl sites for hydroxylation is 1. The van der Waals surface area contributed by atoms with E-state index < -0.39 is 0 Å². The first kappa shape index (κ1) is 34.1. The van der Waals surface area contributed by atoms with Crippen molar-refractivity contribution in [2.45, 2.75) is 13.3 Å². The summed E-state index contributed by atoms with van der Waals surface area (Å²) in [5, 5.41) is 2.26. The van der Waals surface area contributed by atoms with Crippen LogP contribution in [0.3, 0.4) is 0 Å². The Balaban J connectivity index is 1.08. The van der Waals surface area contributed by atoms with Crippen LogP contribution in [0.4, 0.5) is 0 Å². The molecule has 57 heavy (non-hydrogen) atoms. The molecule has 8 aromatic carbocycles. The molecule has 0 atom stereocenters. The van der Waals surface area contributed by atoms with Crippen LogP contribution >= 0.6 is 0 Å². The van der Waals surface area contributed by atoms with Gasteiger partial charge in [0, 0.05) is 27.5 Å². The average molecular weight is 732 g/mol. The second-order valence-electron chi connectivity index (χ2n) is 14.5. The summed E-state index contributed by atoms with van der Waals surface area (Å²) in [5.74, 6) is 1.91. The van der Waals surface area contributed by atoms with Gasteiger partial charge < -0.3 is 4.42 Å². The summed E-state index contributed by atoms with van der Waals surface area (Å²) in [7, 11) is 0. The second kappa shape index (κ2) is 14.7. The van der Waals surface area contributed by atoms with Gasteiger partial charge >= 0.3 is 0 Å². The lowest BCUT2D eigenvalue weighted by Gasteiger charge is -2.16. The monoisotopic (exact) mass is 731 g/mol. The van der Waals surface area contributed by atoms with Gasteiger partial charge in [-0.25, -0.2) is 15.0 Å². The number of nitrogens with zero attached hydrogens (tertiary/aromatic N) is 3. The van der Waals surface area contributed by atoms with E-state index in [4.69, 9.17) is 19.4 Å². The van der Waals surface area contributed by atoms with Crippen molar-refractivity contribution in [3.63, 3.8) is 0 Å². The lowest BCUT2D eigenvalue weighted by molar-refractivity contribution is 0.669. The molecule has 0 unspecified atom stereocenters. The molecule has 0 radical (unpaired) electrons. The molecule has 0 bridgehead atoms. The molecule has 4 nitrogen and oxygen atoms in total. The molecule has 0 amide bonds. The zero-order chi connectivity index (χ0) is 38.1. The average Bonchev–Trinajstić information content (AvgIpc) is 3.66. The molecule has 0 N–H and O–H groups in total. The molecule has 2 heterocycles. The first-order chi connectivity index (χ1) is 28.1. The number of para-hydroxylation sites is 1. The Morgan fingerprint density at radius 3 is 1.61 bits per heavy atom. The lowest BCUT2D eigenvalue weighted by Crippen LogP contribution is -2.01. The summed E-state index contributed by atoms with van der Waals surface area (Å²) in [6, 6.07) is 67.8. The standard InChI is InChI=1S/C53H37N3O/c1-35-21-22-41(42-27-30-47-46-19-11-12-20-49(46)57-50(47)34-42)33-48(35)45-29-28-43(32-44(45)31-36-13-5-2-6-14-36)53-55-51(39-17-9-4-10-18-39)54-52(56-53)40-25-23-38(24-26-40)37-15-7-3-8-16-37/h2-30,32-34H,31H2,1H3. The van der Waals surface area contributed by atoms with E-state index in [2.05, 4.69) is 153 Å². The second-order valence-corrected chi connectivity index (χ2v) is 14.5. The van der Waals surface area contributed by atoms with Crippen molar-refractivity contribution in [3.05, 3.63) is 211 Å². The van der Waals surface area contributed by atoms with Crippen molar-refractivity contribution >= 4 is 21.9 Å². The van der Waals surface area contributed by atoms with Gasteiger partial charge in [0.25, 0.3) is 0 Å². The zero-order valence-electron chi connectivity index (χ0n) is 31.4. The molecule has 2 aromatic heterocycles. The van der Waals surface area contributed by atoms with Gasteiger partial charge in [0.2, 0.25) is 0 Å². The van der Waals surface area contributed by atoms with E-state index in [1.807, 2.05) is 48.5 Å². The van der Waals surface area contributed by atoms with Crippen LogP contribution in [0.25, 0.3) is 89.5 Å². The lowest BCUT2D eigenvalue weighted by atomic mass is 9.89. The maximum atomic E-state index is 6.27. The highest BCUT2D eigenvalue weighted by molar-refractivity contribution is 6.06. The van der Waals surface area contributed by atoms with E-state index >= 15 is 0 Å². The van der Waals surface area contributed by atoms with Crippen molar-refractivity contribution in [1.29, 1.82) is 0 Å². The summed E-state index contributed by atoms with van der Waals surface area (Å²) in [6.45, 7) is 2.19. The molecule has 0 aliphatic rings. The van der Waals surface area contributed by atoms with Gasteiger partial charge in [-0.05, 0) is 93.7 Å². The maximum Gasteiger partial charge on any atom is 0.164 e. The molecule has 0 fully saturated rings. The van der Waals surface area contributed by atoms with E-state index in [9.17, 15) is 0 Å². The summed E-state index contributed by atoms with van der Waals surface area (Å²) in [5.41, 5.74) is 15.2. The molecule has 10 aromatic rings. The molecule has 0 spiro atoms. The largest absolute Gasteiger partial charge is 0.456 e. The van der Waals surface area contributed by atoms with Gasteiger partial charge in [0.15, 0.2) is 17.5 Å². The molecule has 0 saturated carbocycles. The highest BCUT2D eigenvalue weighted by Gasteiger charge is 2.17. The fourth-order valence-corrected chi connectivity index (χ4v) is 7.75. The summed E-state index contributed by atoms with van der Waals surface area (Å²) in [4.78, 5) is 15.2. The number of fused-ring (bicyclic) bond motifs is 3. The van der Waals surface area contributed by atoms with Crippen LogP contribution < -0.4 is 0 Å². The van der Waals surface area contributed by atoms with E-state index in [1.165, 1.54) is 33.4 Å². The van der Waals surface area contributed by atoms with Crippen molar-refractivity contribution in [2.24, 2.45) is 0 Å². The molecule has 0 saturated heterocycles. The minimum atomic E-state index is 0.636. The third kappa shape index (κ3) is 6.79. The van der Waals surface area contributed by atoms with Gasteiger partial charge in [-0.3, -0.25) is 0 Å². The number of hydrogen-bond acceptors (Lipinski definition) is 4. The number of aromatic nitrogens is 3. The minimum absolute atomic E-state index is 0.636. The third-order valence-corrected chi connectivity index (χ3v) is 10.8. The normalized spacial score (nSPS) is 11.3. The fourth-order valence-electron chi connectivity index (χ4n) is 7.75. The van der Waals surface area contributed by atoms with Crippen molar-refractivity contribution in [3.8, 4) is 67.5 Å². The topological polar surface area (TPSA) is 51.8 Å². The Hall–Kier alpha value is -7.43. The molecule has 270 valence electrons. The molecule has 0 aliphatic heterocycles. The molecule has 10 rings (SSSR count). The van der Waals surface area contributed by atoms with Crippen LogP contribution in [0.1, 0.15) is 16.7 Å². The number of rotatable bonds is 8. The van der Waals surface area contributed by atoms with Crippen molar-refractivity contribution < 1.29 is 4.42 Å². The Bertz CT molecular complexity index is 3030. The maximum absolute atomic E-state index is 6.27. The molecule has 4 heteroatoms. The molecular formula is C53H37N3O. The summed E-state index contributed by atoms with van der Waals surface area (Å²) < 4.78 is 6.27. The Kier molecular flexibility index (Phi) is 8.77. The third-order valence-electron chi connectivity index (χ3n) is 10.8. The van der Waals surface area contributed by atoms with E-state index in [1.54, 1.807) is 0 Å². The summed E-state index contributed by atoms with van der Waals surface area (Å²) >= 11 is 0.